The van der Waals surface area contributed by atoms with Crippen molar-refractivity contribution in [1.82, 2.24) is 0 Å². The molecule has 4 aliphatic carbocycles. The molecule has 0 amide bonds. The minimum atomic E-state index is -0.175. The van der Waals surface area contributed by atoms with Gasteiger partial charge in [0.2, 0.25) is 0 Å². The number of aliphatic hydroxyl groups excluding tert-OH is 2. The zero-order chi connectivity index (χ0) is 16.4. The van der Waals surface area contributed by atoms with Crippen molar-refractivity contribution in [3.63, 3.8) is 0 Å². The number of aliphatic hydroxyl groups is 2. The zero-order valence-electron chi connectivity index (χ0n) is 14.4. The van der Waals surface area contributed by atoms with Crippen molar-refractivity contribution in [1.29, 1.82) is 0 Å². The first-order valence-electron chi connectivity index (χ1n) is 9.46. The molecule has 23 heavy (non-hydrogen) atoms. The minimum Gasteiger partial charge on any atom is -0.395 e. The van der Waals surface area contributed by atoms with Crippen LogP contribution in [0.1, 0.15) is 58.8 Å². The molecule has 2 N–H and O–H groups in total. The first kappa shape index (κ1) is 15.8. The van der Waals surface area contributed by atoms with Crippen LogP contribution in [0.25, 0.3) is 0 Å². The quantitative estimate of drug-likeness (QED) is 0.781. The van der Waals surface area contributed by atoms with Crippen molar-refractivity contribution in [2.45, 2.75) is 64.9 Å². The van der Waals surface area contributed by atoms with Gasteiger partial charge in [0, 0.05) is 11.8 Å². The predicted octanol–water partition coefficient (Wildman–Crippen LogP) is 3.10. The van der Waals surface area contributed by atoms with Gasteiger partial charge in [-0.15, -0.1) is 0 Å². The molecule has 128 valence electrons. The molecule has 3 nitrogen and oxygen atoms in total. The summed E-state index contributed by atoms with van der Waals surface area (Å²) in [6.07, 6.45) is 8.61. The lowest BCUT2D eigenvalue weighted by molar-refractivity contribution is -0.126. The van der Waals surface area contributed by atoms with E-state index >= 15 is 0 Å². The van der Waals surface area contributed by atoms with Crippen LogP contribution in [0.2, 0.25) is 0 Å². The molecule has 4 aliphatic rings. The molecule has 0 heterocycles. The fourth-order valence-corrected chi connectivity index (χ4v) is 7.10. The second-order valence-electron chi connectivity index (χ2n) is 8.99. The second-order valence-corrected chi connectivity index (χ2v) is 8.99. The van der Waals surface area contributed by atoms with Gasteiger partial charge in [0.25, 0.3) is 0 Å². The Kier molecular flexibility index (Phi) is 3.55. The van der Waals surface area contributed by atoms with Crippen molar-refractivity contribution in [2.75, 3.05) is 6.61 Å². The van der Waals surface area contributed by atoms with Crippen LogP contribution in [0.5, 0.6) is 0 Å². The first-order valence-corrected chi connectivity index (χ1v) is 9.46. The van der Waals surface area contributed by atoms with Crippen LogP contribution in [-0.2, 0) is 4.79 Å². The summed E-state index contributed by atoms with van der Waals surface area (Å²) in [5.74, 6) is 2.16. The Labute approximate surface area is 139 Å². The molecule has 0 aromatic rings. The monoisotopic (exact) mass is 318 g/mol. The summed E-state index contributed by atoms with van der Waals surface area (Å²) >= 11 is 0. The van der Waals surface area contributed by atoms with Gasteiger partial charge < -0.3 is 10.2 Å². The van der Waals surface area contributed by atoms with Gasteiger partial charge in [-0.25, -0.2) is 0 Å². The van der Waals surface area contributed by atoms with E-state index in [1.807, 2.05) is 6.08 Å². The van der Waals surface area contributed by atoms with E-state index in [0.717, 1.165) is 38.5 Å². The summed E-state index contributed by atoms with van der Waals surface area (Å²) in [6.45, 7) is 4.64. The molecule has 0 aromatic carbocycles. The summed E-state index contributed by atoms with van der Waals surface area (Å²) in [4.78, 5) is 12.0. The molecule has 3 saturated carbocycles. The highest BCUT2D eigenvalue weighted by molar-refractivity contribution is 5.92. The van der Waals surface area contributed by atoms with Crippen LogP contribution < -0.4 is 0 Å². The third-order valence-corrected chi connectivity index (χ3v) is 8.38. The lowest BCUT2D eigenvalue weighted by atomic mass is 9.45. The van der Waals surface area contributed by atoms with Gasteiger partial charge in [-0.3, -0.25) is 4.79 Å². The molecular weight excluding hydrogens is 288 g/mol. The zero-order valence-corrected chi connectivity index (χ0v) is 14.4. The maximum atomic E-state index is 12.0. The molecule has 0 bridgehead atoms. The van der Waals surface area contributed by atoms with Gasteiger partial charge >= 0.3 is 0 Å². The van der Waals surface area contributed by atoms with E-state index in [2.05, 4.69) is 13.8 Å². The smallest absolute Gasteiger partial charge is 0.155 e. The minimum absolute atomic E-state index is 0.0761. The van der Waals surface area contributed by atoms with Gasteiger partial charge in [0.15, 0.2) is 5.78 Å². The Morgan fingerprint density at radius 3 is 2.74 bits per heavy atom. The van der Waals surface area contributed by atoms with Crippen LogP contribution in [-0.4, -0.2) is 28.7 Å². The van der Waals surface area contributed by atoms with Crippen molar-refractivity contribution in [3.8, 4) is 0 Å². The fourth-order valence-electron chi connectivity index (χ4n) is 7.10. The van der Waals surface area contributed by atoms with Gasteiger partial charge in [-0.2, -0.15) is 0 Å². The summed E-state index contributed by atoms with van der Waals surface area (Å²) in [6, 6.07) is 0. The second kappa shape index (κ2) is 5.16. The molecule has 3 fully saturated rings. The largest absolute Gasteiger partial charge is 0.395 e. The Hall–Kier alpha value is -0.670. The highest BCUT2D eigenvalue weighted by Gasteiger charge is 2.61. The average molecular weight is 318 g/mol. The topological polar surface area (TPSA) is 57.5 Å². The molecular formula is C20H30O3. The number of ketones is 1. The maximum Gasteiger partial charge on any atom is 0.155 e. The molecule has 7 atom stereocenters. The van der Waals surface area contributed by atoms with Crippen LogP contribution >= 0.6 is 0 Å². The van der Waals surface area contributed by atoms with Gasteiger partial charge in [-0.05, 0) is 73.7 Å². The van der Waals surface area contributed by atoms with Gasteiger partial charge in [-0.1, -0.05) is 19.4 Å². The SMILES string of the molecule is C[C@H]1CC(=O)C=C2CC[C@H]3[C@@H]4CC[C@@H](O)[C@@]4(C)CC[C@@H]3[C@]21CO. The summed E-state index contributed by atoms with van der Waals surface area (Å²) in [5, 5.41) is 20.9. The molecule has 4 rings (SSSR count). The van der Waals surface area contributed by atoms with Crippen molar-refractivity contribution in [3.05, 3.63) is 11.6 Å². The number of rotatable bonds is 1. The van der Waals surface area contributed by atoms with E-state index in [-0.39, 0.29) is 35.2 Å². The molecule has 0 saturated heterocycles. The fraction of sp³-hybridized carbons (Fsp3) is 0.850. The number of hydrogen-bond donors (Lipinski definition) is 2. The number of carbonyl (C=O) groups is 1. The lowest BCUT2D eigenvalue weighted by Gasteiger charge is -2.60. The van der Waals surface area contributed by atoms with E-state index in [0.29, 0.717) is 24.2 Å². The van der Waals surface area contributed by atoms with Crippen molar-refractivity contribution >= 4 is 5.78 Å². The summed E-state index contributed by atoms with van der Waals surface area (Å²) in [7, 11) is 0. The Morgan fingerprint density at radius 2 is 2.00 bits per heavy atom. The molecule has 3 heteroatoms. The van der Waals surface area contributed by atoms with Crippen LogP contribution in [0, 0.1) is 34.5 Å². The Bertz CT molecular complexity index is 553. The summed E-state index contributed by atoms with van der Waals surface area (Å²) < 4.78 is 0. The highest BCUT2D eigenvalue weighted by atomic mass is 16.3. The first-order chi connectivity index (χ1) is 10.9. The third-order valence-electron chi connectivity index (χ3n) is 8.38. The van der Waals surface area contributed by atoms with Crippen LogP contribution in [0.4, 0.5) is 0 Å². The molecule has 0 unspecified atom stereocenters. The van der Waals surface area contributed by atoms with Crippen molar-refractivity contribution < 1.29 is 15.0 Å². The van der Waals surface area contributed by atoms with Crippen LogP contribution in [0.15, 0.2) is 11.6 Å². The number of carbonyl (C=O) groups excluding carboxylic acids is 1. The van der Waals surface area contributed by atoms with Crippen LogP contribution in [0.3, 0.4) is 0 Å². The molecule has 0 aliphatic heterocycles. The van der Waals surface area contributed by atoms with Gasteiger partial charge in [0.1, 0.15) is 0 Å². The highest BCUT2D eigenvalue weighted by Crippen LogP contribution is 2.66. The number of hydrogen-bond acceptors (Lipinski definition) is 3. The van der Waals surface area contributed by atoms with E-state index < -0.39 is 0 Å². The lowest BCUT2D eigenvalue weighted by Crippen LogP contribution is -2.56. The Balaban J connectivity index is 1.75. The third kappa shape index (κ3) is 1.93. The van der Waals surface area contributed by atoms with E-state index in [1.54, 1.807) is 0 Å². The predicted molar refractivity (Wildman–Crippen MR) is 88.7 cm³/mol. The van der Waals surface area contributed by atoms with E-state index in [4.69, 9.17) is 0 Å². The molecule has 0 aromatic heterocycles. The normalized spacial score (nSPS) is 52.4. The molecule has 0 radical (unpaired) electrons. The molecule has 0 spiro atoms. The Morgan fingerprint density at radius 1 is 1.22 bits per heavy atom. The summed E-state index contributed by atoms with van der Waals surface area (Å²) in [5.41, 5.74) is 1.13. The van der Waals surface area contributed by atoms with Gasteiger partial charge in [0.05, 0.1) is 12.7 Å². The van der Waals surface area contributed by atoms with Crippen molar-refractivity contribution in [2.24, 2.45) is 34.5 Å². The maximum absolute atomic E-state index is 12.0. The average Bonchev–Trinajstić information content (AvgIpc) is 2.82. The van der Waals surface area contributed by atoms with E-state index in [9.17, 15) is 15.0 Å². The number of fused-ring (bicyclic) bond motifs is 5. The van der Waals surface area contributed by atoms with E-state index in [1.165, 1.54) is 5.57 Å². The standard InChI is InChI=1S/C20H30O3/c1-12-9-14(22)10-13-3-4-15-16-5-6-18(23)19(16,2)8-7-17(15)20(12,13)11-21/h10,12,15-18,21,23H,3-9,11H2,1-2H3/t12-,15-,16-,17-,18+,19-,20-/m0/s1.